The Morgan fingerprint density at radius 1 is 1.30 bits per heavy atom. The summed E-state index contributed by atoms with van der Waals surface area (Å²) >= 11 is 0. The van der Waals surface area contributed by atoms with Gasteiger partial charge in [-0.1, -0.05) is 11.6 Å². The van der Waals surface area contributed by atoms with Crippen LogP contribution in [0.25, 0.3) is 10.9 Å². The van der Waals surface area contributed by atoms with Gasteiger partial charge < -0.3 is 0 Å². The molecule has 1 aromatic carbocycles. The standard InChI is InChI=1S/C14H15N5O/c1-8-4-5-12-11(6-8)14(20)19(7-15-12)9(2)13-16-10(3)17-18-13/h4-7,9H,1-3H3,(H,16,17,18). The Hall–Kier alpha value is -2.50. The molecule has 1 unspecified atom stereocenters. The molecule has 20 heavy (non-hydrogen) atoms. The van der Waals surface area contributed by atoms with Gasteiger partial charge in [-0.05, 0) is 32.9 Å². The predicted molar refractivity (Wildman–Crippen MR) is 75.7 cm³/mol. The number of aryl methyl sites for hydroxylation is 2. The van der Waals surface area contributed by atoms with Gasteiger partial charge in [-0.15, -0.1) is 0 Å². The van der Waals surface area contributed by atoms with Crippen molar-refractivity contribution in [3.05, 3.63) is 52.1 Å². The lowest BCUT2D eigenvalue weighted by Gasteiger charge is -2.12. The van der Waals surface area contributed by atoms with Gasteiger partial charge in [-0.3, -0.25) is 14.5 Å². The summed E-state index contributed by atoms with van der Waals surface area (Å²) < 4.78 is 1.56. The predicted octanol–water partition coefficient (Wildman–Crippen LogP) is 1.74. The molecule has 0 aliphatic heterocycles. The molecule has 6 nitrogen and oxygen atoms in total. The van der Waals surface area contributed by atoms with E-state index in [0.717, 1.165) is 11.4 Å². The zero-order valence-electron chi connectivity index (χ0n) is 11.6. The highest BCUT2D eigenvalue weighted by Crippen LogP contribution is 2.14. The molecule has 0 spiro atoms. The minimum Gasteiger partial charge on any atom is -0.288 e. The summed E-state index contributed by atoms with van der Waals surface area (Å²) in [6.45, 7) is 5.67. The summed E-state index contributed by atoms with van der Waals surface area (Å²) in [5.74, 6) is 1.31. The van der Waals surface area contributed by atoms with E-state index in [0.29, 0.717) is 16.7 Å². The fraction of sp³-hybridized carbons (Fsp3) is 0.286. The normalized spacial score (nSPS) is 12.8. The van der Waals surface area contributed by atoms with Crippen LogP contribution in [-0.2, 0) is 0 Å². The quantitative estimate of drug-likeness (QED) is 0.768. The van der Waals surface area contributed by atoms with Gasteiger partial charge in [-0.2, -0.15) is 5.10 Å². The number of nitrogens with one attached hydrogen (secondary N) is 1. The van der Waals surface area contributed by atoms with E-state index in [1.165, 1.54) is 0 Å². The number of nitrogens with zero attached hydrogens (tertiary/aromatic N) is 4. The minimum absolute atomic E-state index is 0.0753. The van der Waals surface area contributed by atoms with Gasteiger partial charge in [0.25, 0.3) is 5.56 Å². The number of hydrogen-bond acceptors (Lipinski definition) is 4. The Morgan fingerprint density at radius 2 is 2.10 bits per heavy atom. The van der Waals surface area contributed by atoms with Crippen LogP contribution in [0.1, 0.15) is 30.2 Å². The summed E-state index contributed by atoms with van der Waals surface area (Å²) in [5, 5.41) is 7.51. The van der Waals surface area contributed by atoms with E-state index in [4.69, 9.17) is 0 Å². The molecule has 0 saturated heterocycles. The number of hydrogen-bond donors (Lipinski definition) is 1. The molecule has 0 aliphatic rings. The van der Waals surface area contributed by atoms with Gasteiger partial charge in [0.05, 0.1) is 23.3 Å². The Labute approximate surface area is 115 Å². The molecule has 0 aliphatic carbocycles. The molecule has 3 rings (SSSR count). The largest absolute Gasteiger partial charge is 0.288 e. The van der Waals surface area contributed by atoms with Crippen LogP contribution in [0.2, 0.25) is 0 Å². The monoisotopic (exact) mass is 269 g/mol. The molecule has 0 bridgehead atoms. The summed E-state index contributed by atoms with van der Waals surface area (Å²) in [4.78, 5) is 21.2. The molecule has 2 heterocycles. The summed E-state index contributed by atoms with van der Waals surface area (Å²) in [6.07, 6.45) is 1.55. The summed E-state index contributed by atoms with van der Waals surface area (Å²) in [7, 11) is 0. The van der Waals surface area contributed by atoms with Crippen LogP contribution in [0.4, 0.5) is 0 Å². The zero-order valence-corrected chi connectivity index (χ0v) is 11.6. The average Bonchev–Trinajstić information content (AvgIpc) is 2.86. The molecule has 0 fully saturated rings. The first-order valence-electron chi connectivity index (χ1n) is 6.42. The highest BCUT2D eigenvalue weighted by Gasteiger charge is 2.15. The smallest absolute Gasteiger partial charge is 0.261 e. The second-order valence-electron chi connectivity index (χ2n) is 4.93. The third-order valence-electron chi connectivity index (χ3n) is 3.34. The van der Waals surface area contributed by atoms with E-state index in [1.807, 2.05) is 39.0 Å². The lowest BCUT2D eigenvalue weighted by molar-refractivity contribution is 0.576. The number of fused-ring (bicyclic) bond motifs is 1. The Balaban J connectivity index is 2.17. The first-order chi connectivity index (χ1) is 9.56. The zero-order chi connectivity index (χ0) is 14.3. The van der Waals surface area contributed by atoms with Crippen LogP contribution in [0.15, 0.2) is 29.3 Å². The Morgan fingerprint density at radius 3 is 2.80 bits per heavy atom. The highest BCUT2D eigenvalue weighted by atomic mass is 16.1. The molecule has 0 saturated carbocycles. The molecule has 3 aromatic rings. The summed E-state index contributed by atoms with van der Waals surface area (Å²) in [5.41, 5.74) is 1.67. The minimum atomic E-state index is -0.259. The number of benzene rings is 1. The first-order valence-corrected chi connectivity index (χ1v) is 6.42. The fourth-order valence-corrected chi connectivity index (χ4v) is 2.20. The fourth-order valence-electron chi connectivity index (χ4n) is 2.20. The van der Waals surface area contributed by atoms with Gasteiger partial charge in [0.15, 0.2) is 5.82 Å². The number of aromatic nitrogens is 5. The van der Waals surface area contributed by atoms with Crippen molar-refractivity contribution in [1.82, 2.24) is 24.7 Å². The molecule has 0 radical (unpaired) electrons. The average molecular weight is 269 g/mol. The Kier molecular flexibility index (Phi) is 2.85. The maximum atomic E-state index is 12.6. The van der Waals surface area contributed by atoms with E-state index in [2.05, 4.69) is 20.2 Å². The van der Waals surface area contributed by atoms with Crippen LogP contribution in [0.3, 0.4) is 0 Å². The lowest BCUT2D eigenvalue weighted by atomic mass is 10.1. The maximum Gasteiger partial charge on any atom is 0.261 e. The third kappa shape index (κ3) is 1.99. The molecule has 6 heteroatoms. The molecule has 1 atom stereocenters. The van der Waals surface area contributed by atoms with Crippen LogP contribution >= 0.6 is 0 Å². The van der Waals surface area contributed by atoms with E-state index in [1.54, 1.807) is 10.9 Å². The van der Waals surface area contributed by atoms with Crippen molar-refractivity contribution in [3.63, 3.8) is 0 Å². The SMILES string of the molecule is Cc1ccc2ncn(C(C)c3n[nH]c(C)n3)c(=O)c2c1. The van der Waals surface area contributed by atoms with Crippen LogP contribution in [-0.4, -0.2) is 24.7 Å². The van der Waals surface area contributed by atoms with Crippen molar-refractivity contribution in [1.29, 1.82) is 0 Å². The van der Waals surface area contributed by atoms with Crippen molar-refractivity contribution in [2.24, 2.45) is 0 Å². The number of rotatable bonds is 2. The van der Waals surface area contributed by atoms with E-state index in [-0.39, 0.29) is 11.6 Å². The number of aromatic amines is 1. The van der Waals surface area contributed by atoms with Crippen LogP contribution in [0, 0.1) is 13.8 Å². The summed E-state index contributed by atoms with van der Waals surface area (Å²) in [6, 6.07) is 5.40. The van der Waals surface area contributed by atoms with Gasteiger partial charge in [0.2, 0.25) is 0 Å². The molecular formula is C14H15N5O. The number of H-pyrrole nitrogens is 1. The molecule has 0 amide bonds. The Bertz CT molecular complexity index is 833. The van der Waals surface area contributed by atoms with Gasteiger partial charge >= 0.3 is 0 Å². The molecule has 1 N–H and O–H groups in total. The van der Waals surface area contributed by atoms with Gasteiger partial charge in [-0.25, -0.2) is 9.97 Å². The van der Waals surface area contributed by atoms with E-state index >= 15 is 0 Å². The second kappa shape index (κ2) is 4.56. The van der Waals surface area contributed by atoms with Crippen molar-refractivity contribution in [2.45, 2.75) is 26.8 Å². The van der Waals surface area contributed by atoms with Crippen molar-refractivity contribution < 1.29 is 0 Å². The molecule has 2 aromatic heterocycles. The molecular weight excluding hydrogens is 254 g/mol. The molecule has 102 valence electrons. The maximum absolute atomic E-state index is 12.6. The van der Waals surface area contributed by atoms with E-state index in [9.17, 15) is 4.79 Å². The van der Waals surface area contributed by atoms with Gasteiger partial charge in [0, 0.05) is 0 Å². The van der Waals surface area contributed by atoms with Crippen molar-refractivity contribution in [3.8, 4) is 0 Å². The second-order valence-corrected chi connectivity index (χ2v) is 4.93. The van der Waals surface area contributed by atoms with Crippen molar-refractivity contribution >= 4 is 10.9 Å². The van der Waals surface area contributed by atoms with Crippen molar-refractivity contribution in [2.75, 3.05) is 0 Å². The van der Waals surface area contributed by atoms with Crippen LogP contribution < -0.4 is 5.56 Å². The third-order valence-corrected chi connectivity index (χ3v) is 3.34. The van der Waals surface area contributed by atoms with Gasteiger partial charge in [0.1, 0.15) is 5.82 Å². The van der Waals surface area contributed by atoms with E-state index < -0.39 is 0 Å². The van der Waals surface area contributed by atoms with Crippen LogP contribution in [0.5, 0.6) is 0 Å². The highest BCUT2D eigenvalue weighted by molar-refractivity contribution is 5.77. The lowest BCUT2D eigenvalue weighted by Crippen LogP contribution is -2.25. The first kappa shape index (κ1) is 12.5. The topological polar surface area (TPSA) is 76.5 Å².